The second kappa shape index (κ2) is 7.36. The number of carbonyl (C=O) groups is 2. The maximum Gasteiger partial charge on any atom is 0.303 e. The molecule has 1 aliphatic carbocycles. The molecule has 0 spiro atoms. The SMILES string of the molecule is CC(C)c1nc2c(c(-c3ccc(F)cc3)c1CCC(=O)O)CCCC2=O. The summed E-state index contributed by atoms with van der Waals surface area (Å²) >= 11 is 0. The van der Waals surface area contributed by atoms with Crippen LogP contribution in [0, 0.1) is 5.82 Å². The van der Waals surface area contributed by atoms with Crippen molar-refractivity contribution in [2.75, 3.05) is 0 Å². The van der Waals surface area contributed by atoms with Crippen LogP contribution in [0.15, 0.2) is 24.3 Å². The standard InChI is InChI=1S/C21H22FNO3/c1-12(2)20-16(10-11-18(25)26)19(13-6-8-14(22)9-7-13)15-4-3-5-17(24)21(15)23-20/h6-9,12H,3-5,10-11H2,1-2H3,(H,25,26). The van der Waals surface area contributed by atoms with Gasteiger partial charge in [0.1, 0.15) is 11.5 Å². The van der Waals surface area contributed by atoms with Gasteiger partial charge in [0.25, 0.3) is 0 Å². The number of nitrogens with zero attached hydrogens (tertiary/aromatic N) is 1. The number of carbonyl (C=O) groups excluding carboxylic acids is 1. The van der Waals surface area contributed by atoms with Gasteiger partial charge in [-0.25, -0.2) is 9.37 Å². The Bertz CT molecular complexity index is 857. The molecule has 0 amide bonds. The molecule has 1 N–H and O–H groups in total. The van der Waals surface area contributed by atoms with Crippen molar-refractivity contribution in [1.29, 1.82) is 0 Å². The van der Waals surface area contributed by atoms with Gasteiger partial charge in [-0.2, -0.15) is 0 Å². The third kappa shape index (κ3) is 3.52. The first kappa shape index (κ1) is 18.2. The molecule has 0 fully saturated rings. The Labute approximate surface area is 152 Å². The molecule has 0 radical (unpaired) electrons. The van der Waals surface area contributed by atoms with E-state index in [0.29, 0.717) is 18.5 Å². The fourth-order valence-corrected chi connectivity index (χ4v) is 3.63. The topological polar surface area (TPSA) is 67.3 Å². The van der Waals surface area contributed by atoms with E-state index in [9.17, 15) is 14.0 Å². The highest BCUT2D eigenvalue weighted by atomic mass is 19.1. The predicted octanol–water partition coefficient (Wildman–Crippen LogP) is 4.55. The third-order valence-electron chi connectivity index (χ3n) is 4.79. The molecule has 1 heterocycles. The number of rotatable bonds is 5. The summed E-state index contributed by atoms with van der Waals surface area (Å²) in [7, 11) is 0. The zero-order valence-electron chi connectivity index (χ0n) is 15.0. The van der Waals surface area contributed by atoms with Gasteiger partial charge < -0.3 is 5.11 Å². The number of Topliss-reactive ketones (excluding diaryl/α,β-unsaturated/α-hetero) is 1. The molecule has 136 valence electrons. The first-order chi connectivity index (χ1) is 12.4. The molecule has 0 aliphatic heterocycles. The van der Waals surface area contributed by atoms with Crippen LogP contribution in [0.5, 0.6) is 0 Å². The van der Waals surface area contributed by atoms with Gasteiger partial charge in [-0.3, -0.25) is 9.59 Å². The Morgan fingerprint density at radius 1 is 1.23 bits per heavy atom. The van der Waals surface area contributed by atoms with E-state index in [0.717, 1.165) is 40.8 Å². The van der Waals surface area contributed by atoms with Crippen LogP contribution < -0.4 is 0 Å². The van der Waals surface area contributed by atoms with Crippen LogP contribution in [0.1, 0.15) is 66.3 Å². The van der Waals surface area contributed by atoms with Crippen LogP contribution in [-0.2, 0) is 17.6 Å². The zero-order valence-corrected chi connectivity index (χ0v) is 15.0. The van der Waals surface area contributed by atoms with Crippen molar-refractivity contribution < 1.29 is 19.1 Å². The van der Waals surface area contributed by atoms with Crippen LogP contribution >= 0.6 is 0 Å². The number of hydrogen-bond donors (Lipinski definition) is 1. The normalized spacial score (nSPS) is 13.8. The van der Waals surface area contributed by atoms with Crippen LogP contribution in [0.4, 0.5) is 4.39 Å². The van der Waals surface area contributed by atoms with Crippen LogP contribution in [-0.4, -0.2) is 21.8 Å². The number of hydrogen-bond acceptors (Lipinski definition) is 3. The number of ketones is 1. The van der Waals surface area contributed by atoms with Crippen LogP contribution in [0.2, 0.25) is 0 Å². The largest absolute Gasteiger partial charge is 0.481 e. The average molecular weight is 355 g/mol. The van der Waals surface area contributed by atoms with Gasteiger partial charge in [0.05, 0.1) is 0 Å². The van der Waals surface area contributed by atoms with Gasteiger partial charge >= 0.3 is 5.97 Å². The minimum absolute atomic E-state index is 0.0116. The molecule has 2 aromatic rings. The van der Waals surface area contributed by atoms with Crippen molar-refractivity contribution in [2.24, 2.45) is 0 Å². The fraction of sp³-hybridized carbons (Fsp3) is 0.381. The molecule has 1 aromatic heterocycles. The molecule has 1 aromatic carbocycles. The molecule has 3 rings (SSSR count). The van der Waals surface area contributed by atoms with Gasteiger partial charge in [0.2, 0.25) is 0 Å². The molecule has 0 saturated carbocycles. The molecule has 4 nitrogen and oxygen atoms in total. The number of carboxylic acids is 1. The molecule has 0 unspecified atom stereocenters. The maximum absolute atomic E-state index is 13.4. The lowest BCUT2D eigenvalue weighted by molar-refractivity contribution is -0.136. The summed E-state index contributed by atoms with van der Waals surface area (Å²) in [5, 5.41) is 9.16. The highest BCUT2D eigenvalue weighted by molar-refractivity contribution is 5.99. The van der Waals surface area contributed by atoms with Crippen molar-refractivity contribution in [3.63, 3.8) is 0 Å². The van der Waals surface area contributed by atoms with Gasteiger partial charge in [-0.15, -0.1) is 0 Å². The van der Waals surface area contributed by atoms with Crippen LogP contribution in [0.3, 0.4) is 0 Å². The predicted molar refractivity (Wildman–Crippen MR) is 96.9 cm³/mol. The highest BCUT2D eigenvalue weighted by Crippen LogP contribution is 2.38. The minimum Gasteiger partial charge on any atom is -0.481 e. The van der Waals surface area contributed by atoms with Gasteiger partial charge in [-0.1, -0.05) is 26.0 Å². The molecule has 0 saturated heterocycles. The van der Waals surface area contributed by atoms with Gasteiger partial charge in [-0.05, 0) is 59.6 Å². The van der Waals surface area contributed by atoms with E-state index < -0.39 is 5.97 Å². The lowest BCUT2D eigenvalue weighted by atomic mass is 9.82. The monoisotopic (exact) mass is 355 g/mol. The van der Waals surface area contributed by atoms with E-state index in [2.05, 4.69) is 4.98 Å². The number of pyridine rings is 1. The summed E-state index contributed by atoms with van der Waals surface area (Å²) in [6.45, 7) is 3.97. The van der Waals surface area contributed by atoms with E-state index in [4.69, 9.17) is 5.11 Å². The second-order valence-corrected chi connectivity index (χ2v) is 7.01. The summed E-state index contributed by atoms with van der Waals surface area (Å²) in [5.41, 5.74) is 4.67. The third-order valence-corrected chi connectivity index (χ3v) is 4.79. The number of aliphatic carboxylic acids is 1. The van der Waals surface area contributed by atoms with E-state index in [1.165, 1.54) is 12.1 Å². The Balaban J connectivity index is 2.29. The average Bonchev–Trinajstić information content (AvgIpc) is 2.60. The molecule has 26 heavy (non-hydrogen) atoms. The van der Waals surface area contributed by atoms with Crippen LogP contribution in [0.25, 0.3) is 11.1 Å². The Hall–Kier alpha value is -2.56. The summed E-state index contributed by atoms with van der Waals surface area (Å²) < 4.78 is 13.4. The summed E-state index contributed by atoms with van der Waals surface area (Å²) in [6.07, 6.45) is 2.28. The lowest BCUT2D eigenvalue weighted by Gasteiger charge is -2.25. The summed E-state index contributed by atoms with van der Waals surface area (Å²) in [4.78, 5) is 28.3. The molecular weight excluding hydrogens is 333 g/mol. The molecule has 5 heteroatoms. The molecular formula is C21H22FNO3. The van der Waals surface area contributed by atoms with E-state index >= 15 is 0 Å². The zero-order chi connectivity index (χ0) is 18.8. The lowest BCUT2D eigenvalue weighted by Crippen LogP contribution is -2.19. The van der Waals surface area contributed by atoms with Crippen molar-refractivity contribution in [2.45, 2.75) is 51.9 Å². The Kier molecular flexibility index (Phi) is 5.16. The van der Waals surface area contributed by atoms with Crippen molar-refractivity contribution >= 4 is 11.8 Å². The van der Waals surface area contributed by atoms with Crippen molar-refractivity contribution in [1.82, 2.24) is 4.98 Å². The van der Waals surface area contributed by atoms with Gasteiger partial charge in [0.15, 0.2) is 5.78 Å². The number of benzene rings is 1. The fourth-order valence-electron chi connectivity index (χ4n) is 3.63. The minimum atomic E-state index is -0.876. The van der Waals surface area contributed by atoms with E-state index in [-0.39, 0.29) is 23.9 Å². The van der Waals surface area contributed by atoms with Crippen molar-refractivity contribution in [3.05, 3.63) is 52.6 Å². The number of aromatic nitrogens is 1. The smallest absolute Gasteiger partial charge is 0.303 e. The summed E-state index contributed by atoms with van der Waals surface area (Å²) in [5.74, 6) is -1.12. The first-order valence-corrected chi connectivity index (χ1v) is 8.95. The Morgan fingerprint density at radius 2 is 1.92 bits per heavy atom. The number of fused-ring (bicyclic) bond motifs is 1. The maximum atomic E-state index is 13.4. The first-order valence-electron chi connectivity index (χ1n) is 8.95. The van der Waals surface area contributed by atoms with Gasteiger partial charge in [0, 0.05) is 18.5 Å². The number of carboxylic acid groups (broad SMARTS) is 1. The quantitative estimate of drug-likeness (QED) is 0.854. The number of halogens is 1. The Morgan fingerprint density at radius 3 is 2.54 bits per heavy atom. The molecule has 0 atom stereocenters. The molecule has 0 bridgehead atoms. The second-order valence-electron chi connectivity index (χ2n) is 7.01. The van der Waals surface area contributed by atoms with E-state index in [1.54, 1.807) is 12.1 Å². The van der Waals surface area contributed by atoms with Crippen molar-refractivity contribution in [3.8, 4) is 11.1 Å². The van der Waals surface area contributed by atoms with E-state index in [1.807, 2.05) is 13.8 Å². The molecule has 1 aliphatic rings. The summed E-state index contributed by atoms with van der Waals surface area (Å²) in [6, 6.07) is 6.17. The highest BCUT2D eigenvalue weighted by Gasteiger charge is 2.27.